The fraction of sp³-hybridized carbons (Fsp3) is 0.846. The summed E-state index contributed by atoms with van der Waals surface area (Å²) < 4.78 is 0. The average molecular weight is 241 g/mol. The molecule has 0 aromatic rings. The number of carboxylic acids is 1. The minimum Gasteiger partial charge on any atom is -0.481 e. The van der Waals surface area contributed by atoms with Crippen molar-refractivity contribution in [2.45, 2.75) is 51.9 Å². The largest absolute Gasteiger partial charge is 0.481 e. The first-order chi connectivity index (χ1) is 8.09. The molecule has 0 aliphatic heterocycles. The summed E-state index contributed by atoms with van der Waals surface area (Å²) in [6, 6.07) is 0. The lowest BCUT2D eigenvalue weighted by Crippen LogP contribution is -2.31. The molecule has 4 heteroatoms. The van der Waals surface area contributed by atoms with E-state index in [-0.39, 0.29) is 18.2 Å². The van der Waals surface area contributed by atoms with Crippen LogP contribution in [0.1, 0.15) is 51.9 Å². The van der Waals surface area contributed by atoms with Crippen LogP contribution in [0.4, 0.5) is 0 Å². The van der Waals surface area contributed by atoms with Crippen LogP contribution in [0.2, 0.25) is 0 Å². The number of amides is 1. The molecule has 1 rings (SSSR count). The van der Waals surface area contributed by atoms with Crippen molar-refractivity contribution in [3.63, 3.8) is 0 Å². The second-order valence-corrected chi connectivity index (χ2v) is 5.08. The highest BCUT2D eigenvalue weighted by Gasteiger charge is 2.21. The van der Waals surface area contributed by atoms with Crippen molar-refractivity contribution in [3.05, 3.63) is 0 Å². The summed E-state index contributed by atoms with van der Waals surface area (Å²) in [5.41, 5.74) is 0. The Balaban J connectivity index is 2.11. The Hall–Kier alpha value is -1.06. The molecule has 1 aliphatic rings. The Kier molecular flexibility index (Phi) is 6.01. The van der Waals surface area contributed by atoms with Crippen LogP contribution in [0.25, 0.3) is 0 Å². The van der Waals surface area contributed by atoms with E-state index in [0.29, 0.717) is 13.0 Å². The summed E-state index contributed by atoms with van der Waals surface area (Å²) in [7, 11) is 0. The lowest BCUT2D eigenvalue weighted by atomic mass is 9.94. The molecule has 0 heterocycles. The molecule has 1 unspecified atom stereocenters. The Morgan fingerprint density at radius 1 is 1.35 bits per heavy atom. The minimum atomic E-state index is -0.807. The average Bonchev–Trinajstić information content (AvgIpc) is 2.76. The second-order valence-electron chi connectivity index (χ2n) is 5.08. The van der Waals surface area contributed by atoms with Crippen molar-refractivity contribution in [2.24, 2.45) is 11.8 Å². The van der Waals surface area contributed by atoms with Crippen molar-refractivity contribution >= 4 is 11.9 Å². The van der Waals surface area contributed by atoms with Crippen molar-refractivity contribution in [2.75, 3.05) is 6.54 Å². The van der Waals surface area contributed by atoms with Crippen LogP contribution in [-0.4, -0.2) is 23.5 Å². The van der Waals surface area contributed by atoms with E-state index >= 15 is 0 Å². The van der Waals surface area contributed by atoms with Crippen LogP contribution in [0, 0.1) is 11.8 Å². The molecule has 17 heavy (non-hydrogen) atoms. The van der Waals surface area contributed by atoms with Crippen molar-refractivity contribution in [1.82, 2.24) is 5.32 Å². The van der Waals surface area contributed by atoms with Gasteiger partial charge in [0.2, 0.25) is 5.91 Å². The van der Waals surface area contributed by atoms with Gasteiger partial charge in [0.1, 0.15) is 0 Å². The topological polar surface area (TPSA) is 66.4 Å². The monoisotopic (exact) mass is 241 g/mol. The fourth-order valence-electron chi connectivity index (χ4n) is 2.48. The van der Waals surface area contributed by atoms with Gasteiger partial charge in [0, 0.05) is 18.9 Å². The van der Waals surface area contributed by atoms with E-state index in [1.54, 1.807) is 0 Å². The highest BCUT2D eigenvalue weighted by atomic mass is 16.4. The molecule has 1 aliphatic carbocycles. The zero-order valence-corrected chi connectivity index (χ0v) is 10.6. The molecule has 0 spiro atoms. The fourth-order valence-corrected chi connectivity index (χ4v) is 2.48. The molecule has 4 nitrogen and oxygen atoms in total. The van der Waals surface area contributed by atoms with Gasteiger partial charge < -0.3 is 10.4 Å². The summed E-state index contributed by atoms with van der Waals surface area (Å²) >= 11 is 0. The molecule has 1 saturated carbocycles. The van der Waals surface area contributed by atoms with E-state index in [9.17, 15) is 9.59 Å². The van der Waals surface area contributed by atoms with Gasteiger partial charge in [-0.25, -0.2) is 0 Å². The van der Waals surface area contributed by atoms with E-state index < -0.39 is 5.97 Å². The molecule has 0 radical (unpaired) electrons. The van der Waals surface area contributed by atoms with Gasteiger partial charge in [-0.05, 0) is 18.8 Å². The van der Waals surface area contributed by atoms with Gasteiger partial charge in [-0.3, -0.25) is 9.59 Å². The molecular weight excluding hydrogens is 218 g/mol. The van der Waals surface area contributed by atoms with E-state index in [1.807, 2.05) is 6.92 Å². The van der Waals surface area contributed by atoms with Crippen molar-refractivity contribution in [3.8, 4) is 0 Å². The number of hydrogen-bond acceptors (Lipinski definition) is 2. The van der Waals surface area contributed by atoms with E-state index in [4.69, 9.17) is 5.11 Å². The third-order valence-electron chi connectivity index (χ3n) is 3.48. The molecule has 0 saturated heterocycles. The Bertz CT molecular complexity index is 259. The van der Waals surface area contributed by atoms with Crippen LogP contribution in [0.3, 0.4) is 0 Å². The summed E-state index contributed by atoms with van der Waals surface area (Å²) in [6.45, 7) is 2.44. The van der Waals surface area contributed by atoms with Gasteiger partial charge in [0.05, 0.1) is 0 Å². The molecule has 98 valence electrons. The summed E-state index contributed by atoms with van der Waals surface area (Å²) in [6.07, 6.45) is 6.74. The minimum absolute atomic E-state index is 0.0583. The number of rotatable bonds is 7. The lowest BCUT2D eigenvalue weighted by Gasteiger charge is -2.15. The zero-order chi connectivity index (χ0) is 12.7. The predicted octanol–water partition coefficient (Wildman–Crippen LogP) is 2.18. The first-order valence-electron chi connectivity index (χ1n) is 6.59. The normalized spacial score (nSPS) is 17.9. The standard InChI is InChI=1S/C13H23NO3/c1-10(9-11-5-2-3-6-11)13(17)14-8-4-7-12(15)16/h10-11H,2-9H2,1H3,(H,14,17)(H,15,16). The van der Waals surface area contributed by atoms with Gasteiger partial charge in [0.15, 0.2) is 0 Å². The third kappa shape index (κ3) is 5.71. The summed E-state index contributed by atoms with van der Waals surface area (Å²) in [4.78, 5) is 22.0. The summed E-state index contributed by atoms with van der Waals surface area (Å²) in [5.74, 6) is 0.0400. The number of carbonyl (C=O) groups is 2. The second kappa shape index (κ2) is 7.30. The number of carboxylic acid groups (broad SMARTS) is 1. The van der Waals surface area contributed by atoms with Crippen molar-refractivity contribution < 1.29 is 14.7 Å². The van der Waals surface area contributed by atoms with E-state index in [0.717, 1.165) is 12.3 Å². The Morgan fingerprint density at radius 2 is 2.00 bits per heavy atom. The molecule has 0 bridgehead atoms. The Morgan fingerprint density at radius 3 is 2.59 bits per heavy atom. The lowest BCUT2D eigenvalue weighted by molar-refractivity contribution is -0.137. The maximum Gasteiger partial charge on any atom is 0.303 e. The van der Waals surface area contributed by atoms with Gasteiger partial charge in [-0.15, -0.1) is 0 Å². The highest BCUT2D eigenvalue weighted by molar-refractivity contribution is 5.78. The van der Waals surface area contributed by atoms with Crippen LogP contribution < -0.4 is 5.32 Å². The first-order valence-corrected chi connectivity index (χ1v) is 6.59. The van der Waals surface area contributed by atoms with Crippen LogP contribution >= 0.6 is 0 Å². The summed E-state index contributed by atoms with van der Waals surface area (Å²) in [5, 5.41) is 11.3. The maximum absolute atomic E-state index is 11.7. The molecule has 1 fully saturated rings. The Labute approximate surface area is 103 Å². The van der Waals surface area contributed by atoms with Crippen LogP contribution in [0.15, 0.2) is 0 Å². The molecule has 0 aromatic carbocycles. The predicted molar refractivity (Wildman–Crippen MR) is 65.6 cm³/mol. The quantitative estimate of drug-likeness (QED) is 0.671. The SMILES string of the molecule is CC(CC1CCCC1)C(=O)NCCCC(=O)O. The van der Waals surface area contributed by atoms with Crippen LogP contribution in [-0.2, 0) is 9.59 Å². The molecule has 1 amide bonds. The molecular formula is C13H23NO3. The number of nitrogens with one attached hydrogen (secondary N) is 1. The molecule has 1 atom stereocenters. The maximum atomic E-state index is 11.7. The van der Waals surface area contributed by atoms with E-state index in [1.165, 1.54) is 25.7 Å². The van der Waals surface area contributed by atoms with Gasteiger partial charge >= 0.3 is 5.97 Å². The smallest absolute Gasteiger partial charge is 0.303 e. The van der Waals surface area contributed by atoms with E-state index in [2.05, 4.69) is 5.32 Å². The highest BCUT2D eigenvalue weighted by Crippen LogP contribution is 2.30. The van der Waals surface area contributed by atoms with Crippen LogP contribution in [0.5, 0.6) is 0 Å². The third-order valence-corrected chi connectivity index (χ3v) is 3.48. The first kappa shape index (κ1) is 14.0. The molecule has 0 aromatic heterocycles. The molecule has 2 N–H and O–H groups in total. The number of carbonyl (C=O) groups excluding carboxylic acids is 1. The number of hydrogen-bond donors (Lipinski definition) is 2. The van der Waals surface area contributed by atoms with Gasteiger partial charge in [-0.1, -0.05) is 32.6 Å². The zero-order valence-electron chi connectivity index (χ0n) is 10.6. The number of aliphatic carboxylic acids is 1. The van der Waals surface area contributed by atoms with Gasteiger partial charge in [0.25, 0.3) is 0 Å². The van der Waals surface area contributed by atoms with Gasteiger partial charge in [-0.2, -0.15) is 0 Å². The van der Waals surface area contributed by atoms with Crippen molar-refractivity contribution in [1.29, 1.82) is 0 Å².